The molecular formula is C19H27N3O5S. The largest absolute Gasteiger partial charge is 0.483 e. The zero-order chi connectivity index (χ0) is 19.7. The van der Waals surface area contributed by atoms with Gasteiger partial charge in [-0.1, -0.05) is 0 Å². The second-order valence-electron chi connectivity index (χ2n) is 7.95. The van der Waals surface area contributed by atoms with Crippen LogP contribution in [0.15, 0.2) is 18.5 Å². The van der Waals surface area contributed by atoms with Gasteiger partial charge in [0.15, 0.2) is 6.61 Å². The Kier molecular flexibility index (Phi) is 5.57. The maximum absolute atomic E-state index is 12.8. The summed E-state index contributed by atoms with van der Waals surface area (Å²) in [4.78, 5) is 18.8. The van der Waals surface area contributed by atoms with E-state index in [2.05, 4.69) is 9.71 Å². The highest BCUT2D eigenvalue weighted by Crippen LogP contribution is 2.38. The Hall–Kier alpha value is -1.71. The predicted molar refractivity (Wildman–Crippen MR) is 103 cm³/mol. The molecule has 2 fully saturated rings. The maximum Gasteiger partial charge on any atom is 0.260 e. The first-order valence-corrected chi connectivity index (χ1v) is 11.7. The molecule has 28 heavy (non-hydrogen) atoms. The molecule has 154 valence electrons. The zero-order valence-corrected chi connectivity index (χ0v) is 16.9. The molecule has 2 bridgehead atoms. The molecule has 1 aromatic rings. The van der Waals surface area contributed by atoms with Gasteiger partial charge in [-0.05, 0) is 44.1 Å². The van der Waals surface area contributed by atoms with E-state index in [1.54, 1.807) is 11.1 Å². The lowest BCUT2D eigenvalue weighted by molar-refractivity contribution is -0.136. The lowest BCUT2D eigenvalue weighted by Gasteiger charge is -2.32. The van der Waals surface area contributed by atoms with Gasteiger partial charge in [0.25, 0.3) is 5.91 Å². The maximum atomic E-state index is 12.8. The van der Waals surface area contributed by atoms with E-state index in [4.69, 9.17) is 9.47 Å². The summed E-state index contributed by atoms with van der Waals surface area (Å²) in [5.41, 5.74) is 1.06. The molecule has 0 unspecified atom stereocenters. The Morgan fingerprint density at radius 2 is 2.00 bits per heavy atom. The molecule has 1 saturated carbocycles. The van der Waals surface area contributed by atoms with Gasteiger partial charge in [-0.2, -0.15) is 0 Å². The van der Waals surface area contributed by atoms with E-state index in [1.807, 2.05) is 12.3 Å². The van der Waals surface area contributed by atoms with Crippen LogP contribution in [0.4, 0.5) is 0 Å². The number of amides is 1. The first-order chi connectivity index (χ1) is 13.4. The van der Waals surface area contributed by atoms with E-state index < -0.39 is 10.0 Å². The van der Waals surface area contributed by atoms with Crippen LogP contribution >= 0.6 is 0 Å². The highest BCUT2D eigenvalue weighted by Gasteiger charge is 2.39. The fourth-order valence-corrected chi connectivity index (χ4v) is 5.44. The van der Waals surface area contributed by atoms with Crippen molar-refractivity contribution in [1.29, 1.82) is 0 Å². The van der Waals surface area contributed by atoms with Gasteiger partial charge >= 0.3 is 0 Å². The average Bonchev–Trinajstić information content (AvgIpc) is 3.05. The number of sulfonamides is 1. The molecule has 3 aliphatic heterocycles. The van der Waals surface area contributed by atoms with Crippen molar-refractivity contribution in [3.63, 3.8) is 0 Å². The van der Waals surface area contributed by atoms with Crippen LogP contribution in [-0.4, -0.2) is 68.4 Å². The second kappa shape index (κ2) is 7.96. The molecule has 5 rings (SSSR count). The summed E-state index contributed by atoms with van der Waals surface area (Å²) < 4.78 is 38.2. The van der Waals surface area contributed by atoms with Crippen LogP contribution in [0.5, 0.6) is 5.75 Å². The Balaban J connectivity index is 1.59. The number of pyridine rings is 1. The lowest BCUT2D eigenvalue weighted by atomic mass is 9.83. The van der Waals surface area contributed by atoms with Crippen LogP contribution in [0.25, 0.3) is 0 Å². The number of carbonyl (C=O) groups is 1. The van der Waals surface area contributed by atoms with Crippen molar-refractivity contribution in [2.45, 2.75) is 56.2 Å². The predicted octanol–water partition coefficient (Wildman–Crippen LogP) is 1.04. The minimum atomic E-state index is -3.36. The summed E-state index contributed by atoms with van der Waals surface area (Å²) in [6.07, 6.45) is 9.22. The minimum absolute atomic E-state index is 0.0741. The van der Waals surface area contributed by atoms with Crippen LogP contribution in [-0.2, 0) is 19.6 Å². The highest BCUT2D eigenvalue weighted by atomic mass is 32.2. The van der Waals surface area contributed by atoms with Gasteiger partial charge in [-0.15, -0.1) is 0 Å². The summed E-state index contributed by atoms with van der Waals surface area (Å²) in [6.45, 7) is 0.748. The second-order valence-corrected chi connectivity index (χ2v) is 9.73. The third kappa shape index (κ3) is 4.31. The summed E-state index contributed by atoms with van der Waals surface area (Å²) in [5.74, 6) is 0.924. The number of rotatable bonds is 2. The molecule has 0 radical (unpaired) electrons. The fourth-order valence-electron chi connectivity index (χ4n) is 4.61. The minimum Gasteiger partial charge on any atom is -0.483 e. The molecule has 2 atom stereocenters. The van der Waals surface area contributed by atoms with E-state index in [0.717, 1.165) is 37.5 Å². The van der Waals surface area contributed by atoms with Gasteiger partial charge < -0.3 is 14.4 Å². The third-order valence-electron chi connectivity index (χ3n) is 6.01. The van der Waals surface area contributed by atoms with E-state index in [1.165, 1.54) is 0 Å². The van der Waals surface area contributed by atoms with Crippen LogP contribution < -0.4 is 9.46 Å². The van der Waals surface area contributed by atoms with Crippen molar-refractivity contribution in [2.24, 2.45) is 0 Å². The topological polar surface area (TPSA) is 97.8 Å². The third-order valence-corrected chi connectivity index (χ3v) is 6.74. The van der Waals surface area contributed by atoms with E-state index in [-0.39, 0.29) is 30.7 Å². The number of aromatic nitrogens is 1. The standard InChI is InChI=1S/C19H27N3O5S/c1-28(24,25)21-16-7-9-22-17(16)11-26-14-4-2-13(3-5-14)15-10-20-8-6-18(15)27-12-19(22)23/h6,8,10,13-14,16-17,21H,2-5,7,9,11-12H2,1H3/t13-,14+,16-,17-/m0/s1. The van der Waals surface area contributed by atoms with E-state index >= 15 is 0 Å². The summed E-state index contributed by atoms with van der Waals surface area (Å²) in [5, 5.41) is 0. The highest BCUT2D eigenvalue weighted by molar-refractivity contribution is 7.88. The van der Waals surface area contributed by atoms with Crippen molar-refractivity contribution in [2.75, 3.05) is 26.0 Å². The Morgan fingerprint density at radius 3 is 2.75 bits per heavy atom. The first kappa shape index (κ1) is 19.6. The van der Waals surface area contributed by atoms with Crippen molar-refractivity contribution < 1.29 is 22.7 Å². The Morgan fingerprint density at radius 1 is 1.21 bits per heavy atom. The number of nitrogens with one attached hydrogen (secondary N) is 1. The molecule has 8 nitrogen and oxygen atoms in total. The Labute approximate surface area is 165 Å². The van der Waals surface area contributed by atoms with Gasteiger partial charge in [-0.25, -0.2) is 13.1 Å². The summed E-state index contributed by atoms with van der Waals surface area (Å²) in [7, 11) is -3.36. The fraction of sp³-hybridized carbons (Fsp3) is 0.684. The van der Waals surface area contributed by atoms with Crippen molar-refractivity contribution in [3.8, 4) is 5.75 Å². The Bertz CT molecular complexity index is 823. The summed E-state index contributed by atoms with van der Waals surface area (Å²) in [6, 6.07) is 1.17. The molecule has 9 heteroatoms. The SMILES string of the molecule is CS(=O)(=O)N[C@H]1CCN2C(=O)COc3ccncc3[C@H]3CC[C@H](CC3)OC[C@@H]12. The molecule has 1 amide bonds. The van der Waals surface area contributed by atoms with Gasteiger partial charge in [0.1, 0.15) is 5.75 Å². The van der Waals surface area contributed by atoms with Crippen molar-refractivity contribution in [3.05, 3.63) is 24.0 Å². The monoisotopic (exact) mass is 409 g/mol. The van der Waals surface area contributed by atoms with Crippen molar-refractivity contribution in [1.82, 2.24) is 14.6 Å². The molecule has 0 spiro atoms. The van der Waals surface area contributed by atoms with Gasteiger partial charge in [0.05, 0.1) is 25.0 Å². The normalized spacial score (nSPS) is 31.2. The number of ether oxygens (including phenoxy) is 2. The van der Waals surface area contributed by atoms with Crippen LogP contribution in [0.2, 0.25) is 0 Å². The first-order valence-electron chi connectivity index (χ1n) is 9.86. The lowest BCUT2D eigenvalue weighted by Crippen LogP contribution is -2.50. The number of hydrogen-bond acceptors (Lipinski definition) is 6. The molecular weight excluding hydrogens is 382 g/mol. The smallest absolute Gasteiger partial charge is 0.260 e. The summed E-state index contributed by atoms with van der Waals surface area (Å²) >= 11 is 0. The zero-order valence-electron chi connectivity index (χ0n) is 16.0. The number of nitrogens with zero attached hydrogens (tertiary/aromatic N) is 2. The number of hydrogen-bond donors (Lipinski definition) is 1. The molecule has 4 aliphatic rings. The van der Waals surface area contributed by atoms with Gasteiger partial charge in [0.2, 0.25) is 10.0 Å². The van der Waals surface area contributed by atoms with E-state index in [0.29, 0.717) is 31.2 Å². The average molecular weight is 410 g/mol. The quantitative estimate of drug-likeness (QED) is 0.784. The molecule has 4 heterocycles. The van der Waals surface area contributed by atoms with Crippen molar-refractivity contribution >= 4 is 15.9 Å². The number of carbonyl (C=O) groups excluding carboxylic acids is 1. The van der Waals surface area contributed by atoms with Crippen LogP contribution in [0, 0.1) is 0 Å². The number of fused-ring (bicyclic) bond motifs is 5. The van der Waals surface area contributed by atoms with E-state index in [9.17, 15) is 13.2 Å². The van der Waals surface area contributed by atoms with Gasteiger partial charge in [0, 0.05) is 30.5 Å². The molecule has 1 N–H and O–H groups in total. The molecule has 1 saturated heterocycles. The molecule has 1 aliphatic carbocycles. The molecule has 1 aromatic heterocycles. The van der Waals surface area contributed by atoms with Gasteiger partial charge in [-0.3, -0.25) is 9.78 Å². The van der Waals surface area contributed by atoms with Crippen LogP contribution in [0.3, 0.4) is 0 Å². The molecule has 0 aromatic carbocycles. The van der Waals surface area contributed by atoms with Crippen LogP contribution in [0.1, 0.15) is 43.6 Å².